The molecule has 1 aromatic carbocycles. The van der Waals surface area contributed by atoms with Gasteiger partial charge in [0.2, 0.25) is 5.88 Å². The predicted molar refractivity (Wildman–Crippen MR) is 120 cm³/mol. The monoisotopic (exact) mass is 427 g/mol. The van der Waals surface area contributed by atoms with Crippen LogP contribution < -0.4 is 10.1 Å². The van der Waals surface area contributed by atoms with Gasteiger partial charge in [0, 0.05) is 32.4 Å². The number of hydrogen-bond donors (Lipinski definition) is 1. The molecule has 0 aliphatic carbocycles. The number of hydrogen-bond acceptors (Lipinski definition) is 5. The minimum Gasteiger partial charge on any atom is -0.444 e. The molecule has 0 aliphatic heterocycles. The van der Waals surface area contributed by atoms with Crippen molar-refractivity contribution >= 4 is 12.0 Å². The minimum absolute atomic E-state index is 0.199. The molecule has 7 nitrogen and oxygen atoms in total. The van der Waals surface area contributed by atoms with E-state index in [0.29, 0.717) is 36.2 Å². The van der Waals surface area contributed by atoms with Crippen LogP contribution in [-0.2, 0) is 11.3 Å². The number of pyridine rings is 1. The Morgan fingerprint density at radius 3 is 2.29 bits per heavy atom. The van der Waals surface area contributed by atoms with Crippen molar-refractivity contribution in [2.24, 2.45) is 5.92 Å². The first-order chi connectivity index (χ1) is 14.6. The molecule has 2 rings (SSSR count). The van der Waals surface area contributed by atoms with Crippen LogP contribution in [0, 0.1) is 5.92 Å². The molecule has 2 amide bonds. The zero-order valence-corrected chi connectivity index (χ0v) is 19.3. The second-order valence-electron chi connectivity index (χ2n) is 8.79. The number of nitrogens with zero attached hydrogens (tertiary/aromatic N) is 2. The lowest BCUT2D eigenvalue weighted by Gasteiger charge is -2.28. The molecule has 168 valence electrons. The highest BCUT2D eigenvalue weighted by Gasteiger charge is 2.22. The molecule has 7 heteroatoms. The Kier molecular flexibility index (Phi) is 8.42. The summed E-state index contributed by atoms with van der Waals surface area (Å²) < 4.78 is 11.3. The predicted octanol–water partition coefficient (Wildman–Crippen LogP) is 5.02. The van der Waals surface area contributed by atoms with Crippen LogP contribution in [-0.4, -0.2) is 41.1 Å². The number of carbonyl (C=O) groups is 2. The Hall–Kier alpha value is -3.09. The standard InChI is InChI=1S/C24H33N3O4/c1-17(2)13-14-27(23(29)31-24(3,4)5)16-18-7-10-20(11-8-18)30-21-12-9-19(15-26-21)22(28)25-6/h7-12,15,17H,13-14,16H2,1-6H3,(H,25,28). The van der Waals surface area contributed by atoms with Gasteiger partial charge in [-0.2, -0.15) is 0 Å². The molecule has 0 saturated carbocycles. The number of amides is 2. The summed E-state index contributed by atoms with van der Waals surface area (Å²) in [6.07, 6.45) is 2.06. The Bertz CT molecular complexity index is 856. The molecule has 0 radical (unpaired) electrons. The van der Waals surface area contributed by atoms with Crippen molar-refractivity contribution in [1.29, 1.82) is 0 Å². The Balaban J connectivity index is 2.03. The molecular weight excluding hydrogens is 394 g/mol. The second kappa shape index (κ2) is 10.8. The third kappa shape index (κ3) is 8.28. The average Bonchev–Trinajstić information content (AvgIpc) is 2.70. The normalized spacial score (nSPS) is 11.2. The van der Waals surface area contributed by atoms with Crippen LogP contribution in [0.5, 0.6) is 11.6 Å². The maximum atomic E-state index is 12.6. The van der Waals surface area contributed by atoms with Gasteiger partial charge in [-0.15, -0.1) is 0 Å². The van der Waals surface area contributed by atoms with E-state index < -0.39 is 5.60 Å². The van der Waals surface area contributed by atoms with Crippen molar-refractivity contribution in [2.75, 3.05) is 13.6 Å². The molecule has 1 aromatic heterocycles. The van der Waals surface area contributed by atoms with E-state index in [1.165, 1.54) is 6.20 Å². The van der Waals surface area contributed by atoms with Crippen molar-refractivity contribution in [1.82, 2.24) is 15.2 Å². The molecule has 2 aromatic rings. The lowest BCUT2D eigenvalue weighted by molar-refractivity contribution is 0.0225. The smallest absolute Gasteiger partial charge is 0.410 e. The van der Waals surface area contributed by atoms with E-state index in [2.05, 4.69) is 24.1 Å². The Morgan fingerprint density at radius 2 is 1.77 bits per heavy atom. The molecule has 0 fully saturated rings. The Labute approximate surface area is 184 Å². The lowest BCUT2D eigenvalue weighted by atomic mass is 10.1. The van der Waals surface area contributed by atoms with Gasteiger partial charge in [-0.25, -0.2) is 9.78 Å². The quantitative estimate of drug-likeness (QED) is 0.640. The van der Waals surface area contributed by atoms with Crippen molar-refractivity contribution in [2.45, 2.75) is 53.2 Å². The van der Waals surface area contributed by atoms with Gasteiger partial charge in [0.05, 0.1) is 5.56 Å². The van der Waals surface area contributed by atoms with E-state index in [-0.39, 0.29) is 12.0 Å². The number of aromatic nitrogens is 1. The summed E-state index contributed by atoms with van der Waals surface area (Å²) in [5, 5.41) is 2.55. The lowest BCUT2D eigenvalue weighted by Crippen LogP contribution is -2.37. The minimum atomic E-state index is -0.536. The largest absolute Gasteiger partial charge is 0.444 e. The second-order valence-corrected chi connectivity index (χ2v) is 8.79. The molecule has 0 saturated heterocycles. The fourth-order valence-corrected chi connectivity index (χ4v) is 2.70. The summed E-state index contributed by atoms with van der Waals surface area (Å²) in [6, 6.07) is 10.8. The van der Waals surface area contributed by atoms with E-state index >= 15 is 0 Å². The molecule has 0 aliphatic rings. The number of ether oxygens (including phenoxy) is 2. The zero-order valence-electron chi connectivity index (χ0n) is 19.3. The third-order valence-corrected chi connectivity index (χ3v) is 4.37. The van der Waals surface area contributed by atoms with Crippen LogP contribution in [0.2, 0.25) is 0 Å². The number of carbonyl (C=O) groups excluding carboxylic acids is 2. The van der Waals surface area contributed by atoms with Crippen LogP contribution >= 0.6 is 0 Å². The molecule has 0 atom stereocenters. The molecule has 0 spiro atoms. The van der Waals surface area contributed by atoms with Gasteiger partial charge in [0.25, 0.3) is 5.91 Å². The first-order valence-electron chi connectivity index (χ1n) is 10.5. The maximum Gasteiger partial charge on any atom is 0.410 e. The van der Waals surface area contributed by atoms with Gasteiger partial charge in [0.15, 0.2) is 0 Å². The molecular formula is C24H33N3O4. The summed E-state index contributed by atoms with van der Waals surface area (Å²) in [7, 11) is 1.57. The number of nitrogens with one attached hydrogen (secondary N) is 1. The molecule has 1 heterocycles. The Morgan fingerprint density at radius 1 is 1.10 bits per heavy atom. The SMILES string of the molecule is CNC(=O)c1ccc(Oc2ccc(CN(CCC(C)C)C(=O)OC(C)(C)C)cc2)nc1. The zero-order chi connectivity index (χ0) is 23.0. The van der Waals surface area contributed by atoms with Crippen LogP contribution in [0.3, 0.4) is 0 Å². The van der Waals surface area contributed by atoms with Gasteiger partial charge >= 0.3 is 6.09 Å². The van der Waals surface area contributed by atoms with Crippen molar-refractivity contribution in [3.8, 4) is 11.6 Å². The number of rotatable bonds is 8. The van der Waals surface area contributed by atoms with Crippen molar-refractivity contribution in [3.05, 3.63) is 53.7 Å². The average molecular weight is 428 g/mol. The number of benzene rings is 1. The molecule has 0 unspecified atom stereocenters. The van der Waals surface area contributed by atoms with Crippen molar-refractivity contribution in [3.63, 3.8) is 0 Å². The third-order valence-electron chi connectivity index (χ3n) is 4.37. The summed E-state index contributed by atoms with van der Waals surface area (Å²) in [4.78, 5) is 30.1. The first kappa shape index (κ1) is 24.2. The highest BCUT2D eigenvalue weighted by atomic mass is 16.6. The van der Waals surface area contributed by atoms with Crippen LogP contribution in [0.25, 0.3) is 0 Å². The van der Waals surface area contributed by atoms with E-state index in [0.717, 1.165) is 12.0 Å². The molecule has 1 N–H and O–H groups in total. The summed E-state index contributed by atoms with van der Waals surface area (Å²) in [5.41, 5.74) is 0.907. The molecule has 31 heavy (non-hydrogen) atoms. The van der Waals surface area contributed by atoms with Crippen molar-refractivity contribution < 1.29 is 19.1 Å². The van der Waals surface area contributed by atoms with Crippen LogP contribution in [0.4, 0.5) is 4.79 Å². The fourth-order valence-electron chi connectivity index (χ4n) is 2.70. The van der Waals surface area contributed by atoms with Gasteiger partial charge in [0.1, 0.15) is 11.4 Å². The van der Waals surface area contributed by atoms with E-state index in [9.17, 15) is 9.59 Å². The maximum absolute atomic E-state index is 12.6. The topological polar surface area (TPSA) is 80.8 Å². The van der Waals surface area contributed by atoms with Gasteiger partial charge < -0.3 is 19.7 Å². The summed E-state index contributed by atoms with van der Waals surface area (Å²) >= 11 is 0. The van der Waals surface area contributed by atoms with Crippen LogP contribution in [0.1, 0.15) is 57.0 Å². The van der Waals surface area contributed by atoms with E-state index in [1.54, 1.807) is 24.1 Å². The van der Waals surface area contributed by atoms with Gasteiger partial charge in [-0.1, -0.05) is 26.0 Å². The fraction of sp³-hybridized carbons (Fsp3) is 0.458. The highest BCUT2D eigenvalue weighted by Crippen LogP contribution is 2.21. The van der Waals surface area contributed by atoms with Crippen LogP contribution in [0.15, 0.2) is 42.6 Å². The highest BCUT2D eigenvalue weighted by molar-refractivity contribution is 5.93. The summed E-state index contributed by atoms with van der Waals surface area (Å²) in [6.45, 7) is 11.0. The first-order valence-corrected chi connectivity index (χ1v) is 10.5. The van der Waals surface area contributed by atoms with E-state index in [4.69, 9.17) is 9.47 Å². The molecule has 0 bridgehead atoms. The van der Waals surface area contributed by atoms with Gasteiger partial charge in [-0.05, 0) is 56.9 Å². The van der Waals surface area contributed by atoms with Gasteiger partial charge in [-0.3, -0.25) is 4.79 Å². The van der Waals surface area contributed by atoms with E-state index in [1.807, 2.05) is 45.0 Å². The summed E-state index contributed by atoms with van der Waals surface area (Å²) in [5.74, 6) is 1.31.